The number of rotatable bonds is 3. The molecule has 0 radical (unpaired) electrons. The Morgan fingerprint density at radius 2 is 1.30 bits per heavy atom. The van der Waals surface area contributed by atoms with Crippen LogP contribution in [0.25, 0.3) is 0 Å². The van der Waals surface area contributed by atoms with E-state index in [1.807, 2.05) is 12.1 Å². The minimum absolute atomic E-state index is 0.0141. The molecule has 0 bridgehead atoms. The highest BCUT2D eigenvalue weighted by Crippen LogP contribution is 2.32. The lowest BCUT2D eigenvalue weighted by molar-refractivity contribution is -0.137. The minimum atomic E-state index is -4.42. The third-order valence-electron chi connectivity index (χ3n) is 3.47. The highest BCUT2D eigenvalue weighted by atomic mass is 35.5. The van der Waals surface area contributed by atoms with Gasteiger partial charge in [0.2, 0.25) is 0 Å². The summed E-state index contributed by atoms with van der Waals surface area (Å²) in [6, 6.07) is 14.6. The van der Waals surface area contributed by atoms with Crippen LogP contribution < -0.4 is 0 Å². The quantitative estimate of drug-likeness (QED) is 0.802. The first-order chi connectivity index (χ1) is 10.8. The Kier molecular flexibility index (Phi) is 4.63. The number of hydrogen-bond acceptors (Lipinski definition) is 2. The Bertz CT molecular complexity index is 752. The van der Waals surface area contributed by atoms with E-state index >= 15 is 0 Å². The molecule has 2 nitrogen and oxygen atoms in total. The Morgan fingerprint density at radius 1 is 0.826 bits per heavy atom. The molecule has 0 amide bonds. The van der Waals surface area contributed by atoms with Crippen molar-refractivity contribution in [1.82, 2.24) is 0 Å². The van der Waals surface area contributed by atoms with Gasteiger partial charge in [0, 0.05) is 11.4 Å². The molecule has 0 spiro atoms. The molecule has 0 heterocycles. The molecule has 0 aliphatic carbocycles. The van der Waals surface area contributed by atoms with Gasteiger partial charge in [-0.15, -0.1) is 0 Å². The van der Waals surface area contributed by atoms with Crippen LogP contribution in [0.3, 0.4) is 0 Å². The number of hydrogen-bond donors (Lipinski definition) is 0. The van der Waals surface area contributed by atoms with Crippen LogP contribution in [0, 0.1) is 22.7 Å². The molecule has 2 aromatic rings. The van der Waals surface area contributed by atoms with E-state index in [-0.39, 0.29) is 6.42 Å². The molecule has 0 saturated carbocycles. The number of alkyl halides is 3. The van der Waals surface area contributed by atoms with Crippen molar-refractivity contribution in [2.24, 2.45) is 0 Å². The highest BCUT2D eigenvalue weighted by Gasteiger charge is 2.34. The average Bonchev–Trinajstić information content (AvgIpc) is 2.53. The third kappa shape index (κ3) is 3.64. The Balaban J connectivity index is 2.36. The van der Waals surface area contributed by atoms with E-state index in [1.54, 1.807) is 24.3 Å². The van der Waals surface area contributed by atoms with E-state index < -0.39 is 17.2 Å². The zero-order valence-electron chi connectivity index (χ0n) is 11.7. The molecule has 0 aliphatic heterocycles. The van der Waals surface area contributed by atoms with E-state index in [9.17, 15) is 23.7 Å². The van der Waals surface area contributed by atoms with Gasteiger partial charge in [-0.25, -0.2) is 0 Å². The van der Waals surface area contributed by atoms with Crippen LogP contribution in [0.2, 0.25) is 5.02 Å². The normalized spacial score (nSPS) is 11.6. The van der Waals surface area contributed by atoms with E-state index in [0.717, 1.165) is 12.1 Å². The second-order valence-electron chi connectivity index (χ2n) is 5.01. The van der Waals surface area contributed by atoms with Gasteiger partial charge in [-0.1, -0.05) is 35.9 Å². The molecule has 0 aromatic heterocycles. The van der Waals surface area contributed by atoms with E-state index in [2.05, 4.69) is 0 Å². The molecule has 0 saturated heterocycles. The lowest BCUT2D eigenvalue weighted by Gasteiger charge is -2.19. The molecule has 116 valence electrons. The molecule has 0 fully saturated rings. The summed E-state index contributed by atoms with van der Waals surface area (Å²) in [5.41, 5.74) is -1.33. The van der Waals surface area contributed by atoms with Gasteiger partial charge in [-0.3, -0.25) is 0 Å². The van der Waals surface area contributed by atoms with E-state index in [4.69, 9.17) is 11.6 Å². The molecule has 23 heavy (non-hydrogen) atoms. The van der Waals surface area contributed by atoms with Gasteiger partial charge in [-0.2, -0.15) is 23.7 Å². The zero-order valence-corrected chi connectivity index (χ0v) is 12.5. The average molecular weight is 335 g/mol. The maximum Gasteiger partial charge on any atom is 0.416 e. The molecule has 0 aliphatic rings. The fraction of sp³-hybridized carbons (Fsp3) is 0.176. The van der Waals surface area contributed by atoms with Crippen LogP contribution in [-0.4, -0.2) is 0 Å². The summed E-state index contributed by atoms with van der Waals surface area (Å²) in [5.74, 6) is 0. The second kappa shape index (κ2) is 6.32. The fourth-order valence-electron chi connectivity index (χ4n) is 2.19. The summed E-state index contributed by atoms with van der Waals surface area (Å²) < 4.78 is 37.7. The zero-order chi connectivity index (χ0) is 17.1. The van der Waals surface area contributed by atoms with Gasteiger partial charge in [0.1, 0.15) is 0 Å². The standard InChI is InChI=1S/C17H10ClF3N2/c18-15-7-5-13(6-8-15)16(10-22,11-23)9-12-1-3-14(4-2-12)17(19,20)21/h1-8H,9H2. The van der Waals surface area contributed by atoms with Crippen molar-refractivity contribution in [3.05, 3.63) is 70.2 Å². The van der Waals surface area contributed by atoms with E-state index in [1.165, 1.54) is 12.1 Å². The summed E-state index contributed by atoms with van der Waals surface area (Å²) in [7, 11) is 0. The lowest BCUT2D eigenvalue weighted by Crippen LogP contribution is -2.25. The summed E-state index contributed by atoms with van der Waals surface area (Å²) >= 11 is 5.80. The lowest BCUT2D eigenvalue weighted by atomic mass is 9.78. The van der Waals surface area contributed by atoms with Crippen molar-refractivity contribution in [2.75, 3.05) is 0 Å². The largest absolute Gasteiger partial charge is 0.416 e. The Morgan fingerprint density at radius 3 is 1.74 bits per heavy atom. The molecular formula is C17H10ClF3N2. The van der Waals surface area contributed by atoms with Gasteiger partial charge in [-0.05, 0) is 35.4 Å². The smallest absolute Gasteiger partial charge is 0.196 e. The van der Waals surface area contributed by atoms with Crippen LogP contribution in [0.1, 0.15) is 16.7 Å². The number of nitriles is 2. The predicted molar refractivity (Wildman–Crippen MR) is 79.5 cm³/mol. The van der Waals surface area contributed by atoms with Gasteiger partial charge in [0.25, 0.3) is 0 Å². The van der Waals surface area contributed by atoms with Crippen LogP contribution in [0.5, 0.6) is 0 Å². The van der Waals surface area contributed by atoms with Gasteiger partial charge in [0.15, 0.2) is 5.41 Å². The SMILES string of the molecule is N#CC(C#N)(Cc1ccc(C(F)(F)F)cc1)c1ccc(Cl)cc1. The van der Waals surface area contributed by atoms with Gasteiger partial charge in [0.05, 0.1) is 17.7 Å². The molecule has 0 N–H and O–H groups in total. The van der Waals surface area contributed by atoms with Crippen molar-refractivity contribution < 1.29 is 13.2 Å². The summed E-state index contributed by atoms with van der Waals surface area (Å²) in [5, 5.41) is 19.4. The fourth-order valence-corrected chi connectivity index (χ4v) is 2.31. The Labute approximate surface area is 136 Å². The highest BCUT2D eigenvalue weighted by molar-refractivity contribution is 6.30. The number of nitrogens with zero attached hydrogens (tertiary/aromatic N) is 2. The van der Waals surface area contributed by atoms with Crippen molar-refractivity contribution >= 4 is 11.6 Å². The van der Waals surface area contributed by atoms with Crippen LogP contribution in [0.15, 0.2) is 48.5 Å². The number of benzene rings is 2. The number of halogens is 4. The monoisotopic (exact) mass is 334 g/mol. The Hall–Kier alpha value is -2.50. The first kappa shape index (κ1) is 16.9. The molecule has 0 atom stereocenters. The van der Waals surface area contributed by atoms with Gasteiger partial charge >= 0.3 is 6.18 Å². The van der Waals surface area contributed by atoms with Gasteiger partial charge < -0.3 is 0 Å². The van der Waals surface area contributed by atoms with E-state index in [0.29, 0.717) is 16.1 Å². The third-order valence-corrected chi connectivity index (χ3v) is 3.72. The predicted octanol–water partition coefficient (Wildman–Crippen LogP) is 4.89. The summed E-state index contributed by atoms with van der Waals surface area (Å²) in [4.78, 5) is 0. The molecule has 2 aromatic carbocycles. The maximum atomic E-state index is 12.6. The van der Waals surface area contributed by atoms with Crippen LogP contribution >= 0.6 is 11.6 Å². The summed E-state index contributed by atoms with van der Waals surface area (Å²) in [6.45, 7) is 0. The minimum Gasteiger partial charge on any atom is -0.196 e. The first-order valence-corrected chi connectivity index (χ1v) is 6.93. The molecule has 0 unspecified atom stereocenters. The first-order valence-electron chi connectivity index (χ1n) is 6.55. The molecule has 2 rings (SSSR count). The topological polar surface area (TPSA) is 47.6 Å². The molecular weight excluding hydrogens is 325 g/mol. The maximum absolute atomic E-state index is 12.6. The summed E-state index contributed by atoms with van der Waals surface area (Å²) in [6.07, 6.45) is -4.43. The van der Waals surface area contributed by atoms with Crippen molar-refractivity contribution in [2.45, 2.75) is 18.0 Å². The van der Waals surface area contributed by atoms with Crippen molar-refractivity contribution in [3.8, 4) is 12.1 Å². The van der Waals surface area contributed by atoms with Crippen LogP contribution in [-0.2, 0) is 18.0 Å². The second-order valence-corrected chi connectivity index (χ2v) is 5.44. The van der Waals surface area contributed by atoms with Crippen LogP contribution in [0.4, 0.5) is 13.2 Å². The van der Waals surface area contributed by atoms with Crippen molar-refractivity contribution in [1.29, 1.82) is 10.5 Å². The van der Waals surface area contributed by atoms with Crippen molar-refractivity contribution in [3.63, 3.8) is 0 Å². The molecule has 6 heteroatoms.